The number of nitro groups is 1. The Kier molecular flexibility index (Phi) is 6.78. The predicted octanol–water partition coefficient (Wildman–Crippen LogP) is 6.24. The number of ether oxygens (including phenoxy) is 1. The molecule has 5 rings (SSSR count). The van der Waals surface area contributed by atoms with Crippen molar-refractivity contribution in [3.8, 4) is 5.75 Å². The Hall–Kier alpha value is -4.37. The summed E-state index contributed by atoms with van der Waals surface area (Å²) in [6.07, 6.45) is 2.15. The molecule has 0 fully saturated rings. The lowest BCUT2D eigenvalue weighted by Crippen LogP contribution is -2.22. The molecule has 0 spiro atoms. The molecule has 0 saturated carbocycles. The Labute approximate surface area is 220 Å². The van der Waals surface area contributed by atoms with E-state index in [1.54, 1.807) is 24.4 Å². The highest BCUT2D eigenvalue weighted by molar-refractivity contribution is 9.10. The number of benzene rings is 4. The standard InChI is InChI=1S/C28H21BrN4O4/c1-2-27-31-25-13-10-20(29)15-23(25)28(34)32(27)30-16-24-22-6-4-3-5-19(22)9-14-26(24)37-17-18-7-11-21(12-8-18)33(35)36/h3-16H,2,17H2,1H3. The number of aryl methyl sites for hydroxylation is 1. The Bertz CT molecular complexity index is 1730. The zero-order valence-corrected chi connectivity index (χ0v) is 21.4. The minimum Gasteiger partial charge on any atom is -0.488 e. The molecule has 0 N–H and O–H groups in total. The first-order chi connectivity index (χ1) is 17.9. The summed E-state index contributed by atoms with van der Waals surface area (Å²) in [5.41, 5.74) is 1.89. The summed E-state index contributed by atoms with van der Waals surface area (Å²) in [7, 11) is 0. The number of non-ortho nitro benzene ring substituents is 1. The van der Waals surface area contributed by atoms with Crippen molar-refractivity contribution in [2.45, 2.75) is 20.0 Å². The lowest BCUT2D eigenvalue weighted by Gasteiger charge is -2.13. The molecule has 9 heteroatoms. The highest BCUT2D eigenvalue weighted by Gasteiger charge is 2.12. The van der Waals surface area contributed by atoms with Gasteiger partial charge in [-0.25, -0.2) is 4.98 Å². The van der Waals surface area contributed by atoms with Crippen LogP contribution in [0.1, 0.15) is 23.9 Å². The molecule has 0 bridgehead atoms. The van der Waals surface area contributed by atoms with Crippen LogP contribution in [0.25, 0.3) is 21.7 Å². The van der Waals surface area contributed by atoms with Gasteiger partial charge in [0.15, 0.2) is 0 Å². The summed E-state index contributed by atoms with van der Waals surface area (Å²) in [5.74, 6) is 1.12. The molecule has 0 saturated heterocycles. The van der Waals surface area contributed by atoms with E-state index in [-0.39, 0.29) is 17.9 Å². The third-order valence-corrected chi connectivity index (χ3v) is 6.46. The van der Waals surface area contributed by atoms with Crippen molar-refractivity contribution in [3.05, 3.63) is 121 Å². The van der Waals surface area contributed by atoms with Crippen LogP contribution in [-0.4, -0.2) is 20.8 Å². The van der Waals surface area contributed by atoms with Gasteiger partial charge >= 0.3 is 0 Å². The molecule has 37 heavy (non-hydrogen) atoms. The number of hydrogen-bond acceptors (Lipinski definition) is 6. The molecule has 5 aromatic rings. The topological polar surface area (TPSA) is 99.6 Å². The van der Waals surface area contributed by atoms with Crippen molar-refractivity contribution in [2.24, 2.45) is 5.10 Å². The fourth-order valence-electron chi connectivity index (χ4n) is 4.07. The van der Waals surface area contributed by atoms with E-state index >= 15 is 0 Å². The number of nitrogens with zero attached hydrogens (tertiary/aromatic N) is 4. The maximum Gasteiger partial charge on any atom is 0.282 e. The zero-order valence-electron chi connectivity index (χ0n) is 19.8. The van der Waals surface area contributed by atoms with Crippen LogP contribution in [0.15, 0.2) is 93.2 Å². The molecule has 0 amide bonds. The maximum atomic E-state index is 13.3. The van der Waals surface area contributed by atoms with E-state index in [4.69, 9.17) is 4.74 Å². The van der Waals surface area contributed by atoms with Gasteiger partial charge in [0.05, 0.1) is 22.0 Å². The second-order valence-corrected chi connectivity index (χ2v) is 9.23. The number of rotatable bonds is 7. The van der Waals surface area contributed by atoms with Gasteiger partial charge in [0.2, 0.25) is 0 Å². The van der Waals surface area contributed by atoms with Crippen molar-refractivity contribution in [2.75, 3.05) is 0 Å². The Morgan fingerprint density at radius 2 is 1.84 bits per heavy atom. The van der Waals surface area contributed by atoms with Gasteiger partial charge in [-0.1, -0.05) is 53.2 Å². The quantitative estimate of drug-likeness (QED) is 0.134. The van der Waals surface area contributed by atoms with E-state index in [1.807, 2.05) is 55.5 Å². The third kappa shape index (κ3) is 4.99. The molecule has 0 aliphatic heterocycles. The van der Waals surface area contributed by atoms with Crippen LogP contribution >= 0.6 is 15.9 Å². The average Bonchev–Trinajstić information content (AvgIpc) is 2.92. The molecule has 4 aromatic carbocycles. The summed E-state index contributed by atoms with van der Waals surface area (Å²) in [5, 5.41) is 17.9. The lowest BCUT2D eigenvalue weighted by atomic mass is 10.0. The van der Waals surface area contributed by atoms with Crippen LogP contribution in [0.2, 0.25) is 0 Å². The second kappa shape index (κ2) is 10.3. The normalized spacial score (nSPS) is 11.4. The van der Waals surface area contributed by atoms with E-state index < -0.39 is 4.92 Å². The highest BCUT2D eigenvalue weighted by atomic mass is 79.9. The van der Waals surface area contributed by atoms with Crippen molar-refractivity contribution in [1.82, 2.24) is 9.66 Å². The van der Waals surface area contributed by atoms with E-state index in [2.05, 4.69) is 26.0 Å². The van der Waals surface area contributed by atoms with Crippen LogP contribution < -0.4 is 10.3 Å². The first-order valence-corrected chi connectivity index (χ1v) is 12.4. The third-order valence-electron chi connectivity index (χ3n) is 5.97. The highest BCUT2D eigenvalue weighted by Crippen LogP contribution is 2.28. The summed E-state index contributed by atoms with van der Waals surface area (Å²) in [6.45, 7) is 2.14. The fraction of sp³-hybridized carbons (Fsp3) is 0.107. The molecule has 0 unspecified atom stereocenters. The van der Waals surface area contributed by atoms with Crippen molar-refractivity contribution < 1.29 is 9.66 Å². The monoisotopic (exact) mass is 556 g/mol. The van der Waals surface area contributed by atoms with E-state index in [1.165, 1.54) is 16.8 Å². The molecule has 0 atom stereocenters. The molecule has 0 radical (unpaired) electrons. The van der Waals surface area contributed by atoms with Gasteiger partial charge in [0, 0.05) is 28.6 Å². The Morgan fingerprint density at radius 3 is 2.59 bits per heavy atom. The smallest absolute Gasteiger partial charge is 0.282 e. The van der Waals surface area contributed by atoms with Gasteiger partial charge in [-0.05, 0) is 52.7 Å². The average molecular weight is 557 g/mol. The minimum absolute atomic E-state index is 0.0236. The number of aromatic nitrogens is 2. The van der Waals surface area contributed by atoms with Crippen LogP contribution in [0.4, 0.5) is 5.69 Å². The molecular weight excluding hydrogens is 536 g/mol. The van der Waals surface area contributed by atoms with Gasteiger partial charge in [-0.3, -0.25) is 14.9 Å². The molecule has 8 nitrogen and oxygen atoms in total. The lowest BCUT2D eigenvalue weighted by molar-refractivity contribution is -0.384. The number of nitro benzene ring substituents is 1. The zero-order chi connectivity index (χ0) is 25.9. The van der Waals surface area contributed by atoms with Crippen molar-refractivity contribution in [1.29, 1.82) is 0 Å². The largest absolute Gasteiger partial charge is 0.488 e. The second-order valence-electron chi connectivity index (χ2n) is 8.32. The summed E-state index contributed by atoms with van der Waals surface area (Å²) in [4.78, 5) is 28.5. The molecular formula is C28H21BrN4O4. The van der Waals surface area contributed by atoms with Gasteiger partial charge in [-0.2, -0.15) is 9.78 Å². The minimum atomic E-state index is -0.435. The van der Waals surface area contributed by atoms with Gasteiger partial charge in [0.25, 0.3) is 11.2 Å². The first kappa shape index (κ1) is 24.3. The van der Waals surface area contributed by atoms with E-state index in [0.29, 0.717) is 34.5 Å². The number of fused-ring (bicyclic) bond motifs is 2. The molecule has 0 aliphatic rings. The fourth-order valence-corrected chi connectivity index (χ4v) is 4.43. The molecule has 1 aromatic heterocycles. The van der Waals surface area contributed by atoms with E-state index in [0.717, 1.165) is 20.8 Å². The summed E-state index contributed by atoms with van der Waals surface area (Å²) < 4.78 is 8.24. The maximum absolute atomic E-state index is 13.3. The SMILES string of the molecule is CCc1nc2ccc(Br)cc2c(=O)n1N=Cc1c(OCc2ccc([N+](=O)[O-])cc2)ccc2ccccc12. The van der Waals surface area contributed by atoms with Crippen molar-refractivity contribution in [3.63, 3.8) is 0 Å². The number of halogens is 1. The number of hydrogen-bond donors (Lipinski definition) is 0. The van der Waals surface area contributed by atoms with Gasteiger partial charge in [0.1, 0.15) is 18.2 Å². The Morgan fingerprint density at radius 1 is 1.05 bits per heavy atom. The van der Waals surface area contributed by atoms with Gasteiger partial charge in [-0.15, -0.1) is 0 Å². The van der Waals surface area contributed by atoms with Crippen LogP contribution in [-0.2, 0) is 13.0 Å². The van der Waals surface area contributed by atoms with Gasteiger partial charge < -0.3 is 4.74 Å². The first-order valence-electron chi connectivity index (χ1n) is 11.6. The van der Waals surface area contributed by atoms with Crippen LogP contribution in [0.5, 0.6) is 5.75 Å². The molecule has 0 aliphatic carbocycles. The van der Waals surface area contributed by atoms with Crippen molar-refractivity contribution >= 4 is 49.5 Å². The molecule has 1 heterocycles. The summed E-state index contributed by atoms with van der Waals surface area (Å²) in [6, 6.07) is 23.3. The Balaban J connectivity index is 1.56. The van der Waals surface area contributed by atoms with Crippen LogP contribution in [0, 0.1) is 10.1 Å². The van der Waals surface area contributed by atoms with E-state index in [9.17, 15) is 14.9 Å². The predicted molar refractivity (Wildman–Crippen MR) is 147 cm³/mol. The van der Waals surface area contributed by atoms with Crippen LogP contribution in [0.3, 0.4) is 0 Å². The summed E-state index contributed by atoms with van der Waals surface area (Å²) >= 11 is 3.42. The molecule has 184 valence electrons.